The van der Waals surface area contributed by atoms with E-state index in [-0.39, 0.29) is 17.7 Å². The van der Waals surface area contributed by atoms with Crippen molar-refractivity contribution in [3.8, 4) is 6.07 Å². The summed E-state index contributed by atoms with van der Waals surface area (Å²) in [5, 5.41) is 24.8. The van der Waals surface area contributed by atoms with Crippen LogP contribution in [0.3, 0.4) is 0 Å². The highest BCUT2D eigenvalue weighted by Gasteiger charge is 2.19. The highest BCUT2D eigenvalue weighted by atomic mass is 32.2. The van der Waals surface area contributed by atoms with E-state index in [0.717, 1.165) is 17.3 Å². The number of nitriles is 1. The van der Waals surface area contributed by atoms with Gasteiger partial charge in [0.25, 0.3) is 5.22 Å². The molecule has 0 aliphatic carbocycles. The molecule has 8 nitrogen and oxygen atoms in total. The number of ether oxygens (including phenoxy) is 1. The molecule has 108 valence electrons. The molecule has 2 heterocycles. The standard InChI is InChI=1S/C12H11N5O3S/c1-4-19-11(18)9-15-17-12(20-9)21-10-8(5-13)6(2)7(3)14-16-10/h4H2,1-3H3. The number of carbonyl (C=O) groups is 1. The zero-order valence-electron chi connectivity index (χ0n) is 11.6. The molecule has 21 heavy (non-hydrogen) atoms. The van der Waals surface area contributed by atoms with Crippen molar-refractivity contribution in [2.24, 2.45) is 0 Å². The summed E-state index contributed by atoms with van der Waals surface area (Å²) in [5.41, 5.74) is 1.80. The molecule has 0 atom stereocenters. The van der Waals surface area contributed by atoms with E-state index in [9.17, 15) is 10.1 Å². The molecule has 2 rings (SSSR count). The van der Waals surface area contributed by atoms with Crippen LogP contribution < -0.4 is 0 Å². The van der Waals surface area contributed by atoms with Gasteiger partial charge in [-0.05, 0) is 38.1 Å². The second-order valence-corrected chi connectivity index (χ2v) is 4.84. The van der Waals surface area contributed by atoms with Gasteiger partial charge < -0.3 is 9.15 Å². The van der Waals surface area contributed by atoms with Crippen LogP contribution in [0.4, 0.5) is 0 Å². The first-order chi connectivity index (χ1) is 10.1. The number of rotatable bonds is 4. The minimum absolute atomic E-state index is 0.0899. The molecule has 0 aromatic carbocycles. The SMILES string of the molecule is CCOC(=O)c1nnc(Sc2nnc(C)c(C)c2C#N)o1. The van der Waals surface area contributed by atoms with Crippen LogP contribution in [-0.2, 0) is 4.74 Å². The lowest BCUT2D eigenvalue weighted by atomic mass is 10.1. The lowest BCUT2D eigenvalue weighted by Gasteiger charge is -2.03. The lowest BCUT2D eigenvalue weighted by Crippen LogP contribution is -2.04. The van der Waals surface area contributed by atoms with Crippen LogP contribution in [0.2, 0.25) is 0 Å². The summed E-state index contributed by atoms with van der Waals surface area (Å²) in [5.74, 6) is -0.932. The molecule has 0 bridgehead atoms. The Morgan fingerprint density at radius 2 is 2.10 bits per heavy atom. The van der Waals surface area contributed by atoms with Crippen LogP contribution in [0.1, 0.15) is 34.4 Å². The molecule has 2 aromatic rings. The Bertz CT molecular complexity index is 722. The Morgan fingerprint density at radius 1 is 1.33 bits per heavy atom. The summed E-state index contributed by atoms with van der Waals surface area (Å²) < 4.78 is 9.91. The second kappa shape index (κ2) is 6.32. The van der Waals surface area contributed by atoms with Gasteiger partial charge in [0, 0.05) is 0 Å². The number of carbonyl (C=O) groups excluding carboxylic acids is 1. The zero-order valence-corrected chi connectivity index (χ0v) is 12.4. The first-order valence-electron chi connectivity index (χ1n) is 5.99. The largest absolute Gasteiger partial charge is 0.459 e. The van der Waals surface area contributed by atoms with E-state index < -0.39 is 5.97 Å². The Balaban J connectivity index is 2.26. The van der Waals surface area contributed by atoms with Crippen LogP contribution in [0, 0.1) is 25.2 Å². The maximum Gasteiger partial charge on any atom is 0.396 e. The van der Waals surface area contributed by atoms with E-state index >= 15 is 0 Å². The van der Waals surface area contributed by atoms with Gasteiger partial charge in [-0.2, -0.15) is 10.4 Å². The van der Waals surface area contributed by atoms with Crippen molar-refractivity contribution in [2.75, 3.05) is 6.61 Å². The summed E-state index contributed by atoms with van der Waals surface area (Å²) in [6, 6.07) is 2.07. The molecule has 0 N–H and O–H groups in total. The summed E-state index contributed by atoms with van der Waals surface area (Å²) in [6.45, 7) is 5.44. The van der Waals surface area contributed by atoms with Crippen LogP contribution in [0.15, 0.2) is 14.7 Å². The monoisotopic (exact) mass is 305 g/mol. The molecular weight excluding hydrogens is 294 g/mol. The molecule has 2 aromatic heterocycles. The molecule has 9 heteroatoms. The first kappa shape index (κ1) is 14.9. The molecule has 0 radical (unpaired) electrons. The van der Waals surface area contributed by atoms with Gasteiger partial charge in [-0.3, -0.25) is 0 Å². The number of esters is 1. The third-order valence-electron chi connectivity index (χ3n) is 2.57. The van der Waals surface area contributed by atoms with Gasteiger partial charge in [0.2, 0.25) is 0 Å². The van der Waals surface area contributed by atoms with Crippen molar-refractivity contribution >= 4 is 17.7 Å². The van der Waals surface area contributed by atoms with E-state index in [1.807, 2.05) is 0 Å². The van der Waals surface area contributed by atoms with Crippen molar-refractivity contribution in [3.63, 3.8) is 0 Å². The topological polar surface area (TPSA) is 115 Å². The predicted molar refractivity (Wildman–Crippen MR) is 70.6 cm³/mol. The van der Waals surface area contributed by atoms with Gasteiger partial charge in [-0.25, -0.2) is 4.79 Å². The Morgan fingerprint density at radius 3 is 2.76 bits per heavy atom. The number of hydrogen-bond donors (Lipinski definition) is 0. The maximum absolute atomic E-state index is 11.4. The molecule has 0 unspecified atom stereocenters. The fourth-order valence-electron chi connectivity index (χ4n) is 1.40. The van der Waals surface area contributed by atoms with Crippen molar-refractivity contribution in [1.82, 2.24) is 20.4 Å². The molecule has 0 amide bonds. The van der Waals surface area contributed by atoms with Crippen LogP contribution in [0.25, 0.3) is 0 Å². The summed E-state index contributed by atoms with van der Waals surface area (Å²) >= 11 is 0.974. The minimum atomic E-state index is -0.691. The fraction of sp³-hybridized carbons (Fsp3) is 0.333. The number of aryl methyl sites for hydroxylation is 1. The normalized spacial score (nSPS) is 10.2. The van der Waals surface area contributed by atoms with E-state index in [2.05, 4.69) is 26.5 Å². The fourth-order valence-corrected chi connectivity index (χ4v) is 2.15. The number of nitrogens with zero attached hydrogens (tertiary/aromatic N) is 5. The number of aromatic nitrogens is 4. The van der Waals surface area contributed by atoms with Crippen LogP contribution >= 0.6 is 11.8 Å². The van der Waals surface area contributed by atoms with Gasteiger partial charge in [0.15, 0.2) is 0 Å². The molecule has 0 spiro atoms. The number of hydrogen-bond acceptors (Lipinski definition) is 9. The summed E-state index contributed by atoms with van der Waals surface area (Å²) in [6.07, 6.45) is 0. The third kappa shape index (κ3) is 3.17. The van der Waals surface area contributed by atoms with E-state index in [1.165, 1.54) is 0 Å². The van der Waals surface area contributed by atoms with Crippen LogP contribution in [-0.4, -0.2) is 33.0 Å². The molecular formula is C12H11N5O3S. The predicted octanol–water partition coefficient (Wildman–Crippen LogP) is 1.68. The van der Waals surface area contributed by atoms with Gasteiger partial charge in [0.1, 0.15) is 11.1 Å². The Hall–Kier alpha value is -2.47. The average Bonchev–Trinajstić information content (AvgIpc) is 2.92. The molecule has 0 fully saturated rings. The maximum atomic E-state index is 11.4. The van der Waals surface area contributed by atoms with Crippen molar-refractivity contribution in [1.29, 1.82) is 5.26 Å². The molecule has 0 saturated heterocycles. The Labute approximate surface area is 124 Å². The lowest BCUT2D eigenvalue weighted by molar-refractivity contribution is 0.0475. The highest BCUT2D eigenvalue weighted by molar-refractivity contribution is 7.99. The quantitative estimate of drug-likeness (QED) is 0.778. The zero-order chi connectivity index (χ0) is 15.4. The smallest absolute Gasteiger partial charge is 0.396 e. The highest BCUT2D eigenvalue weighted by Crippen LogP contribution is 2.29. The average molecular weight is 305 g/mol. The molecule has 0 saturated carbocycles. The first-order valence-corrected chi connectivity index (χ1v) is 6.81. The summed E-state index contributed by atoms with van der Waals surface area (Å²) in [4.78, 5) is 11.4. The van der Waals surface area contributed by atoms with Gasteiger partial charge in [0.05, 0.1) is 17.9 Å². The molecule has 0 aliphatic rings. The van der Waals surface area contributed by atoms with Gasteiger partial charge in [-0.1, -0.05) is 5.10 Å². The van der Waals surface area contributed by atoms with E-state index in [0.29, 0.717) is 16.3 Å². The Kier molecular flexibility index (Phi) is 4.49. The summed E-state index contributed by atoms with van der Waals surface area (Å²) in [7, 11) is 0. The van der Waals surface area contributed by atoms with Gasteiger partial charge >= 0.3 is 11.9 Å². The van der Waals surface area contributed by atoms with E-state index in [1.54, 1.807) is 20.8 Å². The van der Waals surface area contributed by atoms with Crippen molar-refractivity contribution in [3.05, 3.63) is 22.7 Å². The van der Waals surface area contributed by atoms with Crippen LogP contribution in [0.5, 0.6) is 0 Å². The molecule has 0 aliphatic heterocycles. The van der Waals surface area contributed by atoms with Crippen molar-refractivity contribution < 1.29 is 13.9 Å². The van der Waals surface area contributed by atoms with Crippen molar-refractivity contribution in [2.45, 2.75) is 31.0 Å². The second-order valence-electron chi connectivity index (χ2n) is 3.90. The van der Waals surface area contributed by atoms with E-state index in [4.69, 9.17) is 9.15 Å². The minimum Gasteiger partial charge on any atom is -0.459 e. The van der Waals surface area contributed by atoms with Gasteiger partial charge in [-0.15, -0.1) is 10.2 Å². The third-order valence-corrected chi connectivity index (χ3v) is 3.39.